The van der Waals surface area contributed by atoms with Crippen LogP contribution in [0.5, 0.6) is 0 Å². The van der Waals surface area contributed by atoms with E-state index in [1.165, 1.54) is 19.1 Å². The Kier molecular flexibility index (Phi) is 3.02. The van der Waals surface area contributed by atoms with Crippen LogP contribution in [0, 0.1) is 0 Å². The summed E-state index contributed by atoms with van der Waals surface area (Å²) in [5.74, 6) is -0.606. The maximum absolute atomic E-state index is 10.6. The van der Waals surface area contributed by atoms with E-state index < -0.39 is 30.4 Å². The Morgan fingerprint density at radius 2 is 1.77 bits per heavy atom. The molecule has 13 heavy (non-hydrogen) atoms. The summed E-state index contributed by atoms with van der Waals surface area (Å²) in [6.45, 7) is 1.17. The van der Waals surface area contributed by atoms with Gasteiger partial charge in [-0.15, -0.1) is 0 Å². The molecule has 0 radical (unpaired) electrons. The van der Waals surface area contributed by atoms with Crippen molar-refractivity contribution >= 4 is 5.97 Å². The third kappa shape index (κ3) is 2.27. The molecule has 0 spiro atoms. The summed E-state index contributed by atoms with van der Waals surface area (Å²) in [6, 6.07) is 0. The Hall–Kier alpha value is -0.910. The minimum atomic E-state index is -1.27. The summed E-state index contributed by atoms with van der Waals surface area (Å²) >= 11 is 0. The van der Waals surface area contributed by atoms with Crippen LogP contribution in [-0.2, 0) is 9.53 Å². The highest BCUT2D eigenvalue weighted by Crippen LogP contribution is 2.16. The molecule has 0 aromatic heterocycles. The quantitative estimate of drug-likeness (QED) is 0.347. The minimum absolute atomic E-state index is 0.606. The second-order valence-corrected chi connectivity index (χ2v) is 2.93. The van der Waals surface area contributed by atoms with Gasteiger partial charge in [0.25, 0.3) is 0 Å². The van der Waals surface area contributed by atoms with Gasteiger partial charge < -0.3 is 20.1 Å². The van der Waals surface area contributed by atoms with Crippen molar-refractivity contribution in [2.24, 2.45) is 0 Å². The number of carbonyl (C=O) groups is 1. The smallest absolute Gasteiger partial charge is 0.303 e. The molecule has 5 heteroatoms. The topological polar surface area (TPSA) is 87.0 Å². The predicted molar refractivity (Wildman–Crippen MR) is 42.7 cm³/mol. The molecule has 1 aliphatic rings. The Balaban J connectivity index is 2.70. The first-order chi connectivity index (χ1) is 6.02. The van der Waals surface area contributed by atoms with Gasteiger partial charge in [0.1, 0.15) is 18.3 Å². The molecule has 0 aliphatic heterocycles. The van der Waals surface area contributed by atoms with Crippen LogP contribution < -0.4 is 0 Å². The zero-order valence-electron chi connectivity index (χ0n) is 7.12. The summed E-state index contributed by atoms with van der Waals surface area (Å²) in [5.41, 5.74) is 0. The fraction of sp³-hybridized carbons (Fsp3) is 0.625. The van der Waals surface area contributed by atoms with Gasteiger partial charge in [-0.2, -0.15) is 0 Å². The van der Waals surface area contributed by atoms with Crippen molar-refractivity contribution in [3.05, 3.63) is 12.2 Å². The summed E-state index contributed by atoms with van der Waals surface area (Å²) < 4.78 is 4.64. The lowest BCUT2D eigenvalue weighted by Crippen LogP contribution is -2.48. The molecule has 4 atom stereocenters. The largest absolute Gasteiger partial charge is 0.457 e. The molecule has 0 bridgehead atoms. The average molecular weight is 188 g/mol. The Morgan fingerprint density at radius 3 is 2.31 bits per heavy atom. The standard InChI is InChI=1S/C8H12O5/c1-4(9)13-8-6(11)3-2-5(10)7(8)12/h2-3,5-8,10-12H,1H3/t5-,6+,7-,8-/m0/s1. The van der Waals surface area contributed by atoms with Crippen molar-refractivity contribution < 1.29 is 24.9 Å². The summed E-state index contributed by atoms with van der Waals surface area (Å²) in [4.78, 5) is 10.6. The maximum Gasteiger partial charge on any atom is 0.303 e. The molecule has 74 valence electrons. The summed E-state index contributed by atoms with van der Waals surface area (Å²) in [5, 5.41) is 27.7. The maximum atomic E-state index is 10.6. The average Bonchev–Trinajstić information content (AvgIpc) is 2.05. The molecule has 1 rings (SSSR count). The van der Waals surface area contributed by atoms with Crippen molar-refractivity contribution in [2.75, 3.05) is 0 Å². The highest BCUT2D eigenvalue weighted by atomic mass is 16.6. The second-order valence-electron chi connectivity index (χ2n) is 2.93. The molecule has 0 fully saturated rings. The van der Waals surface area contributed by atoms with Crippen molar-refractivity contribution in [1.82, 2.24) is 0 Å². The first-order valence-corrected chi connectivity index (χ1v) is 3.92. The number of carbonyl (C=O) groups excluding carboxylic acids is 1. The van der Waals surface area contributed by atoms with E-state index in [1.54, 1.807) is 0 Å². The fourth-order valence-electron chi connectivity index (χ4n) is 1.18. The van der Waals surface area contributed by atoms with Crippen LogP contribution in [0.25, 0.3) is 0 Å². The van der Waals surface area contributed by atoms with E-state index in [0.29, 0.717) is 0 Å². The zero-order chi connectivity index (χ0) is 10.0. The van der Waals surface area contributed by atoms with Crippen LogP contribution in [0.4, 0.5) is 0 Å². The van der Waals surface area contributed by atoms with Gasteiger partial charge in [-0.3, -0.25) is 4.79 Å². The third-order valence-corrected chi connectivity index (χ3v) is 1.83. The second kappa shape index (κ2) is 3.87. The molecule has 0 saturated heterocycles. The normalized spacial score (nSPS) is 38.8. The Labute approximate surface area is 75.3 Å². The van der Waals surface area contributed by atoms with Crippen molar-refractivity contribution in [3.63, 3.8) is 0 Å². The van der Waals surface area contributed by atoms with E-state index in [4.69, 9.17) is 5.11 Å². The van der Waals surface area contributed by atoms with Gasteiger partial charge in [-0.05, 0) is 0 Å². The van der Waals surface area contributed by atoms with Crippen molar-refractivity contribution in [3.8, 4) is 0 Å². The van der Waals surface area contributed by atoms with Gasteiger partial charge in [-0.25, -0.2) is 0 Å². The molecule has 1 aliphatic carbocycles. The number of ether oxygens (including phenoxy) is 1. The minimum Gasteiger partial charge on any atom is -0.457 e. The lowest BCUT2D eigenvalue weighted by molar-refractivity contribution is -0.165. The zero-order valence-corrected chi connectivity index (χ0v) is 7.12. The molecular formula is C8H12O5. The van der Waals surface area contributed by atoms with E-state index >= 15 is 0 Å². The summed E-state index contributed by atoms with van der Waals surface area (Å²) in [7, 11) is 0. The number of aliphatic hydroxyl groups excluding tert-OH is 3. The van der Waals surface area contributed by atoms with Crippen molar-refractivity contribution in [1.29, 1.82) is 0 Å². The van der Waals surface area contributed by atoms with Crippen LogP contribution in [0.1, 0.15) is 6.92 Å². The highest BCUT2D eigenvalue weighted by Gasteiger charge is 2.35. The molecule has 0 saturated carbocycles. The number of aliphatic hydroxyl groups is 3. The van der Waals surface area contributed by atoms with Gasteiger partial charge in [-0.1, -0.05) is 12.2 Å². The highest BCUT2D eigenvalue weighted by molar-refractivity contribution is 5.66. The van der Waals surface area contributed by atoms with Crippen LogP contribution in [0.15, 0.2) is 12.2 Å². The van der Waals surface area contributed by atoms with E-state index in [2.05, 4.69) is 4.74 Å². The van der Waals surface area contributed by atoms with Crippen LogP contribution >= 0.6 is 0 Å². The predicted octanol–water partition coefficient (Wildman–Crippen LogP) is -1.43. The Bertz CT molecular complexity index is 225. The van der Waals surface area contributed by atoms with Gasteiger partial charge in [0.05, 0.1) is 0 Å². The molecular weight excluding hydrogens is 176 g/mol. The fourth-order valence-corrected chi connectivity index (χ4v) is 1.18. The van der Waals surface area contributed by atoms with Crippen LogP contribution in [-0.4, -0.2) is 45.7 Å². The summed E-state index contributed by atoms with van der Waals surface area (Å²) in [6.07, 6.45) is -1.99. The van der Waals surface area contributed by atoms with E-state index in [9.17, 15) is 15.0 Å². The van der Waals surface area contributed by atoms with E-state index in [1.807, 2.05) is 0 Å². The number of esters is 1. The Morgan fingerprint density at radius 1 is 1.23 bits per heavy atom. The van der Waals surface area contributed by atoms with Crippen LogP contribution in [0.2, 0.25) is 0 Å². The number of hydrogen-bond donors (Lipinski definition) is 3. The molecule has 5 nitrogen and oxygen atoms in total. The molecule has 0 amide bonds. The van der Waals surface area contributed by atoms with Gasteiger partial charge >= 0.3 is 5.97 Å². The van der Waals surface area contributed by atoms with Crippen molar-refractivity contribution in [2.45, 2.75) is 31.3 Å². The lowest BCUT2D eigenvalue weighted by atomic mass is 9.96. The molecule has 0 aromatic carbocycles. The van der Waals surface area contributed by atoms with E-state index in [-0.39, 0.29) is 0 Å². The lowest BCUT2D eigenvalue weighted by Gasteiger charge is -2.30. The molecule has 3 N–H and O–H groups in total. The molecule has 0 unspecified atom stereocenters. The first kappa shape index (κ1) is 10.2. The molecule has 0 aromatic rings. The number of rotatable bonds is 1. The monoisotopic (exact) mass is 188 g/mol. The third-order valence-electron chi connectivity index (χ3n) is 1.83. The van der Waals surface area contributed by atoms with Crippen LogP contribution in [0.3, 0.4) is 0 Å². The van der Waals surface area contributed by atoms with Gasteiger partial charge in [0.2, 0.25) is 0 Å². The SMILES string of the molecule is CC(=O)O[C@@H]1[C@@H](O)[C@@H](O)C=C[C@H]1O. The number of hydrogen-bond acceptors (Lipinski definition) is 5. The van der Waals surface area contributed by atoms with Gasteiger partial charge in [0.15, 0.2) is 6.10 Å². The van der Waals surface area contributed by atoms with Gasteiger partial charge in [0, 0.05) is 6.92 Å². The molecule has 0 heterocycles. The first-order valence-electron chi connectivity index (χ1n) is 3.92. The van der Waals surface area contributed by atoms with E-state index in [0.717, 1.165) is 0 Å².